The molecule has 12 heteroatoms. The number of hydrogen-bond donors (Lipinski definition) is 1. The van der Waals surface area contributed by atoms with E-state index in [2.05, 4.69) is 12.2 Å². The lowest BCUT2D eigenvalue weighted by molar-refractivity contribution is -0.0971. The van der Waals surface area contributed by atoms with E-state index in [9.17, 15) is 31.1 Å². The van der Waals surface area contributed by atoms with E-state index in [1.807, 2.05) is 12.2 Å². The molecule has 0 atom stereocenters. The second-order valence-corrected chi connectivity index (χ2v) is 13.0. The largest absolute Gasteiger partial charge is 0.497 e. The summed E-state index contributed by atoms with van der Waals surface area (Å²) < 4.78 is 96.9. The summed E-state index contributed by atoms with van der Waals surface area (Å²) in [5, 5.41) is 3.46. The lowest BCUT2D eigenvalue weighted by Gasteiger charge is -2.20. The smallest absolute Gasteiger partial charge is 0.416 e. The molecule has 1 amide bonds. The molecule has 5 rings (SSSR count). The number of imidazole rings is 1. The number of alkyl halides is 6. The maximum atomic E-state index is 14.1. The van der Waals surface area contributed by atoms with Crippen molar-refractivity contribution in [3.63, 3.8) is 0 Å². The quantitative estimate of drug-likeness (QED) is 0.141. The monoisotopic (exact) mass is 739 g/mol. The molecular formula is C41H43F6N3O3. The first kappa shape index (κ1) is 39.2. The summed E-state index contributed by atoms with van der Waals surface area (Å²) >= 11 is 0. The topological polar surface area (TPSA) is 65.4 Å². The van der Waals surface area contributed by atoms with Crippen LogP contribution in [-0.2, 0) is 11.3 Å². The van der Waals surface area contributed by atoms with Crippen LogP contribution < -0.4 is 20.9 Å². The third-order valence-corrected chi connectivity index (χ3v) is 9.23. The molecular weight excluding hydrogens is 696 g/mol. The van der Waals surface area contributed by atoms with E-state index in [1.54, 1.807) is 59.2 Å². The van der Waals surface area contributed by atoms with Crippen LogP contribution in [0.15, 0.2) is 95.8 Å². The molecule has 0 fully saturated rings. The van der Waals surface area contributed by atoms with E-state index in [0.29, 0.717) is 52.2 Å². The summed E-state index contributed by atoms with van der Waals surface area (Å²) in [4.78, 5) is 17.7. The number of benzene rings is 2. The van der Waals surface area contributed by atoms with Crippen molar-refractivity contribution in [1.29, 1.82) is 0 Å². The number of amides is 1. The Bertz CT molecular complexity index is 2020. The second-order valence-electron chi connectivity index (χ2n) is 13.0. The average Bonchev–Trinajstić information content (AvgIpc) is 3.52. The van der Waals surface area contributed by atoms with Crippen LogP contribution in [-0.4, -0.2) is 48.6 Å². The maximum absolute atomic E-state index is 14.1. The molecule has 0 bridgehead atoms. The summed E-state index contributed by atoms with van der Waals surface area (Å²) in [5.74, 6) is 0.938. The highest BCUT2D eigenvalue weighted by Gasteiger charge is 2.41. The first-order valence-electron chi connectivity index (χ1n) is 17.7. The highest BCUT2D eigenvalue weighted by Crippen LogP contribution is 2.40. The first-order valence-corrected chi connectivity index (χ1v) is 17.7. The van der Waals surface area contributed by atoms with E-state index in [0.717, 1.165) is 37.3 Å². The van der Waals surface area contributed by atoms with Gasteiger partial charge in [0.2, 0.25) is 0 Å². The van der Waals surface area contributed by atoms with Gasteiger partial charge >= 0.3 is 12.4 Å². The summed E-state index contributed by atoms with van der Waals surface area (Å²) in [5.41, 5.74) is -0.215. The van der Waals surface area contributed by atoms with Crippen LogP contribution in [0.5, 0.6) is 5.75 Å². The van der Waals surface area contributed by atoms with E-state index in [-0.39, 0.29) is 29.6 Å². The predicted octanol–water partition coefficient (Wildman–Crippen LogP) is 8.87. The third-order valence-electron chi connectivity index (χ3n) is 9.23. The Morgan fingerprint density at radius 1 is 0.830 bits per heavy atom. The highest BCUT2D eigenvalue weighted by atomic mass is 19.4. The van der Waals surface area contributed by atoms with Crippen LogP contribution in [0.25, 0.3) is 22.4 Å². The predicted molar refractivity (Wildman–Crippen MR) is 193 cm³/mol. The van der Waals surface area contributed by atoms with Crippen molar-refractivity contribution in [3.8, 4) is 17.0 Å². The zero-order valence-corrected chi connectivity index (χ0v) is 30.0. The molecule has 53 heavy (non-hydrogen) atoms. The standard InChI is InChI=1S/C41H43F6N3O3/c1-4-5-6-7-8-9-22-48-39(51)30-12-10-27(11-13-30)26-50-37(29-16-20-35(53-3)21-17-29)36(28-14-18-34(52-2)19-15-28)49-38(50)31-23-32(40(42,43)44)25-33(24-31)41(45,46)47/h10-16,18-21,23,25H,4-9,17,22,24,26H2,1-3H3,(H,48,51). The molecule has 0 spiro atoms. The number of halogens is 6. The van der Waals surface area contributed by atoms with Crippen LogP contribution in [0.4, 0.5) is 26.3 Å². The molecule has 3 aromatic rings. The molecule has 0 saturated carbocycles. The number of allylic oxidation sites excluding steroid dienone is 7. The fraction of sp³-hybridized carbons (Fsp3) is 0.366. The Kier molecular flexibility index (Phi) is 12.7. The lowest BCUT2D eigenvalue weighted by Crippen LogP contribution is -2.32. The Morgan fingerprint density at radius 3 is 2.13 bits per heavy atom. The van der Waals surface area contributed by atoms with Gasteiger partial charge in [-0.1, -0.05) is 57.2 Å². The number of hydrogen-bond acceptors (Lipinski definition) is 4. The molecule has 1 N–H and O–H groups in total. The molecule has 0 radical (unpaired) electrons. The van der Waals surface area contributed by atoms with Gasteiger partial charge in [-0.25, -0.2) is 4.98 Å². The number of ether oxygens (including phenoxy) is 2. The van der Waals surface area contributed by atoms with Gasteiger partial charge in [0, 0.05) is 41.8 Å². The SMILES string of the molecule is CCCCCCCCNC(=O)c1ccc(Cn2c(=C3C=C(C(F)(F)F)C=C(C(F)(F)F)C3)nc(-c3ccc(OC)cc3)c2=C2C=CC(OC)=CC2)cc1. The minimum absolute atomic E-state index is 0.0365. The highest BCUT2D eigenvalue weighted by molar-refractivity contribution is 5.94. The van der Waals surface area contributed by atoms with E-state index in [4.69, 9.17) is 14.5 Å². The van der Waals surface area contributed by atoms with Crippen molar-refractivity contribution in [2.75, 3.05) is 20.8 Å². The minimum Gasteiger partial charge on any atom is -0.497 e. The lowest BCUT2D eigenvalue weighted by atomic mass is 9.94. The summed E-state index contributed by atoms with van der Waals surface area (Å²) in [6.45, 7) is 2.75. The third kappa shape index (κ3) is 9.91. The molecule has 1 aromatic heterocycles. The van der Waals surface area contributed by atoms with Crippen LogP contribution in [0.1, 0.15) is 74.2 Å². The summed E-state index contributed by atoms with van der Waals surface area (Å²) in [7, 11) is 3.04. The number of carbonyl (C=O) groups excluding carboxylic acids is 1. The number of aromatic nitrogens is 2. The van der Waals surface area contributed by atoms with Gasteiger partial charge in [-0.3, -0.25) is 4.79 Å². The van der Waals surface area contributed by atoms with Gasteiger partial charge in [-0.2, -0.15) is 26.3 Å². The average molecular weight is 740 g/mol. The summed E-state index contributed by atoms with van der Waals surface area (Å²) in [6, 6.07) is 13.7. The summed E-state index contributed by atoms with van der Waals surface area (Å²) in [6.07, 6.45) is 2.38. The van der Waals surface area contributed by atoms with Crippen molar-refractivity contribution in [1.82, 2.24) is 14.9 Å². The van der Waals surface area contributed by atoms with Crippen molar-refractivity contribution in [3.05, 3.63) is 118 Å². The van der Waals surface area contributed by atoms with Crippen molar-refractivity contribution in [2.45, 2.75) is 77.2 Å². The van der Waals surface area contributed by atoms with Crippen LogP contribution in [0.3, 0.4) is 0 Å². The first-order chi connectivity index (χ1) is 25.3. The van der Waals surface area contributed by atoms with Gasteiger partial charge in [0.15, 0.2) is 0 Å². The Balaban J connectivity index is 1.64. The number of rotatable bonds is 13. The molecule has 6 nitrogen and oxygen atoms in total. The number of nitrogens with zero attached hydrogens (tertiary/aromatic N) is 2. The Labute approximate surface area is 304 Å². The van der Waals surface area contributed by atoms with E-state index in [1.165, 1.54) is 27.1 Å². The van der Waals surface area contributed by atoms with Gasteiger partial charge in [0.05, 0.1) is 30.8 Å². The van der Waals surface area contributed by atoms with Gasteiger partial charge in [0.1, 0.15) is 17.0 Å². The van der Waals surface area contributed by atoms with Crippen molar-refractivity contribution in [2.24, 2.45) is 0 Å². The number of nitrogens with one attached hydrogen (secondary N) is 1. The molecule has 0 unspecified atom stereocenters. The second kappa shape index (κ2) is 17.2. The van der Waals surface area contributed by atoms with E-state index < -0.39 is 29.9 Å². The van der Waals surface area contributed by atoms with Crippen LogP contribution in [0.2, 0.25) is 0 Å². The molecule has 282 valence electrons. The fourth-order valence-corrected chi connectivity index (χ4v) is 6.35. The van der Waals surface area contributed by atoms with Crippen LogP contribution in [0, 0.1) is 0 Å². The normalized spacial score (nSPS) is 16.9. The van der Waals surface area contributed by atoms with Gasteiger partial charge in [-0.05, 0) is 84.7 Å². The molecule has 2 aliphatic carbocycles. The molecule has 0 saturated heterocycles. The van der Waals surface area contributed by atoms with E-state index >= 15 is 0 Å². The number of unbranched alkanes of at least 4 members (excludes halogenated alkanes) is 5. The molecule has 2 aliphatic rings. The van der Waals surface area contributed by atoms with Crippen molar-refractivity contribution >= 4 is 17.1 Å². The maximum Gasteiger partial charge on any atom is 0.416 e. The Morgan fingerprint density at radius 2 is 1.53 bits per heavy atom. The van der Waals surface area contributed by atoms with Gasteiger partial charge in [-0.15, -0.1) is 0 Å². The minimum atomic E-state index is -5.03. The number of methoxy groups -OCH3 is 2. The van der Waals surface area contributed by atoms with Crippen molar-refractivity contribution < 1.29 is 40.6 Å². The Hall–Kier alpha value is -5.00. The zero-order chi connectivity index (χ0) is 38.2. The fourth-order valence-electron chi connectivity index (χ4n) is 6.35. The number of carbonyl (C=O) groups is 1. The molecule has 2 aromatic carbocycles. The zero-order valence-electron chi connectivity index (χ0n) is 30.0. The molecule has 0 aliphatic heterocycles. The molecule has 1 heterocycles. The van der Waals surface area contributed by atoms with Gasteiger partial charge in [0.25, 0.3) is 5.91 Å². The van der Waals surface area contributed by atoms with Crippen LogP contribution >= 0.6 is 0 Å². The van der Waals surface area contributed by atoms with Gasteiger partial charge < -0.3 is 19.4 Å².